The average molecular weight is 370 g/mol. The maximum Gasteiger partial charge on any atom is 0.276 e. The molecule has 5 heteroatoms. The van der Waals surface area contributed by atoms with Crippen LogP contribution < -0.4 is 10.6 Å². The predicted molar refractivity (Wildman–Crippen MR) is 112 cm³/mol. The zero-order valence-corrected chi connectivity index (χ0v) is 15.5. The number of nitrogens with zero attached hydrogens (tertiary/aromatic N) is 3. The molecule has 1 heterocycles. The second-order valence-corrected chi connectivity index (χ2v) is 6.71. The molecular formula is C23H22N4O. The lowest BCUT2D eigenvalue weighted by Gasteiger charge is -2.23. The van der Waals surface area contributed by atoms with Crippen LogP contribution in [-0.2, 0) is 13.0 Å². The summed E-state index contributed by atoms with van der Waals surface area (Å²) in [7, 11) is 0. The average Bonchev–Trinajstić information content (AvgIpc) is 2.84. The second-order valence-electron chi connectivity index (χ2n) is 6.71. The fraction of sp³-hybridized carbons (Fsp3) is 0.130. The molecule has 5 nitrogen and oxygen atoms in total. The quantitative estimate of drug-likeness (QED) is 0.746. The highest BCUT2D eigenvalue weighted by atomic mass is 16.2. The van der Waals surface area contributed by atoms with E-state index in [1.807, 2.05) is 89.8 Å². The van der Waals surface area contributed by atoms with Gasteiger partial charge in [-0.15, -0.1) is 5.10 Å². The molecular weight excluding hydrogens is 348 g/mol. The molecule has 0 radical (unpaired) electrons. The Kier molecular flexibility index (Phi) is 5.06. The summed E-state index contributed by atoms with van der Waals surface area (Å²) in [5, 5.41) is 5.95. The van der Waals surface area contributed by atoms with E-state index in [-0.39, 0.29) is 5.91 Å². The first kappa shape index (κ1) is 17.8. The number of hydrazone groups is 1. The van der Waals surface area contributed by atoms with Gasteiger partial charge in [0.05, 0.1) is 17.8 Å². The van der Waals surface area contributed by atoms with Crippen LogP contribution in [-0.4, -0.2) is 23.4 Å². The van der Waals surface area contributed by atoms with Crippen molar-refractivity contribution in [1.82, 2.24) is 5.01 Å². The van der Waals surface area contributed by atoms with Crippen molar-refractivity contribution in [3.8, 4) is 0 Å². The van der Waals surface area contributed by atoms with Gasteiger partial charge in [-0.1, -0.05) is 72.8 Å². The molecule has 1 amide bonds. The molecule has 2 N–H and O–H groups in total. The van der Waals surface area contributed by atoms with Crippen LogP contribution >= 0.6 is 0 Å². The Morgan fingerprint density at radius 1 is 0.786 bits per heavy atom. The van der Waals surface area contributed by atoms with E-state index in [1.54, 1.807) is 0 Å². The molecule has 0 bridgehead atoms. The van der Waals surface area contributed by atoms with Crippen molar-refractivity contribution in [3.63, 3.8) is 0 Å². The minimum Gasteiger partial charge on any atom is -0.368 e. The van der Waals surface area contributed by atoms with Crippen molar-refractivity contribution in [2.75, 3.05) is 11.4 Å². The first-order chi connectivity index (χ1) is 13.7. The molecule has 0 aromatic heterocycles. The summed E-state index contributed by atoms with van der Waals surface area (Å²) in [4.78, 5) is 15.0. The van der Waals surface area contributed by atoms with Crippen LogP contribution in [0.25, 0.3) is 0 Å². The zero-order valence-electron chi connectivity index (χ0n) is 15.5. The smallest absolute Gasteiger partial charge is 0.276 e. The molecule has 1 aliphatic heterocycles. The number of hydrogen-bond donors (Lipinski definition) is 1. The van der Waals surface area contributed by atoms with E-state index in [9.17, 15) is 4.79 Å². The van der Waals surface area contributed by atoms with Gasteiger partial charge < -0.3 is 10.6 Å². The van der Waals surface area contributed by atoms with Gasteiger partial charge in [0.1, 0.15) is 0 Å². The van der Waals surface area contributed by atoms with Crippen molar-refractivity contribution in [2.24, 2.45) is 10.8 Å². The number of hydrogen-bond acceptors (Lipinski definition) is 4. The zero-order chi connectivity index (χ0) is 19.3. The van der Waals surface area contributed by atoms with Crippen LogP contribution in [0.5, 0.6) is 0 Å². The summed E-state index contributed by atoms with van der Waals surface area (Å²) in [5.41, 5.74) is 9.98. The summed E-state index contributed by atoms with van der Waals surface area (Å²) in [6.45, 7) is 1.02. The molecule has 0 spiro atoms. The van der Waals surface area contributed by atoms with Gasteiger partial charge in [0, 0.05) is 6.54 Å². The van der Waals surface area contributed by atoms with E-state index in [2.05, 4.69) is 5.10 Å². The Balaban J connectivity index is 1.65. The summed E-state index contributed by atoms with van der Waals surface area (Å²) in [6.07, 6.45) is 0.713. The number of nitrogens with two attached hydrogens (primary N) is 1. The fourth-order valence-electron chi connectivity index (χ4n) is 3.34. The SMILES string of the molecule is NC1=NN(CCc2ccccc2)C(=O)c2ccccc2N1Cc1ccccc1. The van der Waals surface area contributed by atoms with Crippen LogP contribution in [0.4, 0.5) is 5.69 Å². The third-order valence-corrected chi connectivity index (χ3v) is 4.80. The van der Waals surface area contributed by atoms with Crippen LogP contribution in [0, 0.1) is 0 Å². The Hall–Kier alpha value is -3.60. The first-order valence-electron chi connectivity index (χ1n) is 9.33. The van der Waals surface area contributed by atoms with Crippen molar-refractivity contribution in [1.29, 1.82) is 0 Å². The van der Waals surface area contributed by atoms with Crippen molar-refractivity contribution in [3.05, 3.63) is 102 Å². The van der Waals surface area contributed by atoms with Crippen LogP contribution in [0.2, 0.25) is 0 Å². The van der Waals surface area contributed by atoms with Gasteiger partial charge in [0.15, 0.2) is 0 Å². The van der Waals surface area contributed by atoms with E-state index < -0.39 is 0 Å². The van der Waals surface area contributed by atoms with Crippen LogP contribution in [0.1, 0.15) is 21.5 Å². The van der Waals surface area contributed by atoms with Gasteiger partial charge >= 0.3 is 0 Å². The summed E-state index contributed by atoms with van der Waals surface area (Å²) in [5.74, 6) is 0.181. The topological polar surface area (TPSA) is 61.9 Å². The Morgan fingerprint density at radius 3 is 2.11 bits per heavy atom. The Bertz CT molecular complexity index is 986. The molecule has 0 aliphatic carbocycles. The monoisotopic (exact) mass is 370 g/mol. The minimum atomic E-state index is -0.134. The number of carbonyl (C=O) groups excluding carboxylic acids is 1. The van der Waals surface area contributed by atoms with Crippen molar-refractivity contribution >= 4 is 17.6 Å². The number of amides is 1. The number of fused-ring (bicyclic) bond motifs is 1. The second kappa shape index (κ2) is 7.96. The van der Waals surface area contributed by atoms with Crippen LogP contribution in [0.15, 0.2) is 90.0 Å². The van der Waals surface area contributed by atoms with Gasteiger partial charge in [-0.25, -0.2) is 5.01 Å². The predicted octanol–water partition coefficient (Wildman–Crippen LogP) is 3.62. The molecule has 28 heavy (non-hydrogen) atoms. The van der Waals surface area contributed by atoms with E-state index in [1.165, 1.54) is 5.01 Å². The standard InChI is InChI=1S/C23H22N4O/c24-23-25-27(16-15-18-9-3-1-4-10-18)22(28)20-13-7-8-14-21(20)26(23)17-19-11-5-2-6-12-19/h1-14H,15-17H2,(H2,24,25). The summed E-state index contributed by atoms with van der Waals surface area (Å²) >= 11 is 0. The van der Waals surface area contributed by atoms with Gasteiger partial charge in [-0.05, 0) is 29.7 Å². The summed E-state index contributed by atoms with van der Waals surface area (Å²) < 4.78 is 0. The van der Waals surface area contributed by atoms with Gasteiger partial charge in [0.2, 0.25) is 5.96 Å². The maximum atomic E-state index is 13.1. The molecule has 3 aromatic carbocycles. The molecule has 0 atom stereocenters. The highest BCUT2D eigenvalue weighted by Gasteiger charge is 2.27. The summed E-state index contributed by atoms with van der Waals surface area (Å²) in [6, 6.07) is 27.6. The van der Waals surface area contributed by atoms with Gasteiger partial charge in [0.25, 0.3) is 5.91 Å². The van der Waals surface area contributed by atoms with Crippen molar-refractivity contribution < 1.29 is 4.79 Å². The normalized spacial score (nSPS) is 13.7. The van der Waals surface area contributed by atoms with Gasteiger partial charge in [-0.2, -0.15) is 0 Å². The van der Waals surface area contributed by atoms with E-state index in [0.717, 1.165) is 16.8 Å². The molecule has 0 fully saturated rings. The van der Waals surface area contributed by atoms with E-state index in [4.69, 9.17) is 5.73 Å². The Morgan fingerprint density at radius 2 is 1.39 bits per heavy atom. The largest absolute Gasteiger partial charge is 0.368 e. The molecule has 0 saturated heterocycles. The molecule has 4 rings (SSSR count). The van der Waals surface area contributed by atoms with Gasteiger partial charge in [-0.3, -0.25) is 4.79 Å². The third kappa shape index (κ3) is 3.74. The lowest BCUT2D eigenvalue weighted by Crippen LogP contribution is -2.38. The van der Waals surface area contributed by atoms with Crippen LogP contribution in [0.3, 0.4) is 0 Å². The maximum absolute atomic E-state index is 13.1. The number of rotatable bonds is 5. The number of para-hydroxylation sites is 1. The number of anilines is 1. The molecule has 0 unspecified atom stereocenters. The minimum absolute atomic E-state index is 0.134. The fourth-order valence-corrected chi connectivity index (χ4v) is 3.34. The lowest BCUT2D eigenvalue weighted by molar-refractivity contribution is 0.0765. The number of guanidine groups is 1. The first-order valence-corrected chi connectivity index (χ1v) is 9.33. The highest BCUT2D eigenvalue weighted by Crippen LogP contribution is 2.26. The lowest BCUT2D eigenvalue weighted by atomic mass is 10.1. The number of carbonyl (C=O) groups is 1. The van der Waals surface area contributed by atoms with E-state index in [0.29, 0.717) is 31.0 Å². The van der Waals surface area contributed by atoms with Crippen molar-refractivity contribution in [2.45, 2.75) is 13.0 Å². The third-order valence-electron chi connectivity index (χ3n) is 4.80. The molecule has 140 valence electrons. The van der Waals surface area contributed by atoms with E-state index >= 15 is 0 Å². The Labute approximate surface area is 164 Å². The highest BCUT2D eigenvalue weighted by molar-refractivity contribution is 6.07. The molecule has 3 aromatic rings. The number of benzene rings is 3. The molecule has 1 aliphatic rings. The molecule has 0 saturated carbocycles.